The van der Waals surface area contributed by atoms with Crippen LogP contribution in [-0.2, 0) is 0 Å². The Kier molecular flexibility index (Phi) is 5.96. The van der Waals surface area contributed by atoms with Crippen molar-refractivity contribution in [3.8, 4) is 5.75 Å². The van der Waals surface area contributed by atoms with Crippen LogP contribution in [-0.4, -0.2) is 46.3 Å². The van der Waals surface area contributed by atoms with Gasteiger partial charge in [0.2, 0.25) is 5.75 Å². The SMILES string of the molecule is COc1c(NN)ncnc1NC(C)C(CO)SC. The quantitative estimate of drug-likeness (QED) is 0.415. The summed E-state index contributed by atoms with van der Waals surface area (Å²) in [5.41, 5.74) is 2.45. The lowest BCUT2D eigenvalue weighted by atomic mass is 10.2. The fraction of sp³-hybridized carbons (Fsp3) is 0.600. The highest BCUT2D eigenvalue weighted by Crippen LogP contribution is 2.29. The second kappa shape index (κ2) is 7.24. The van der Waals surface area contributed by atoms with Crippen LogP contribution < -0.4 is 21.3 Å². The molecule has 0 spiro atoms. The topological polar surface area (TPSA) is 105 Å². The van der Waals surface area contributed by atoms with E-state index in [1.807, 2.05) is 13.2 Å². The number of aliphatic hydroxyl groups excluding tert-OH is 1. The Balaban J connectivity index is 2.89. The summed E-state index contributed by atoms with van der Waals surface area (Å²) in [7, 11) is 1.52. The second-order valence-electron chi connectivity index (χ2n) is 3.64. The molecule has 0 radical (unpaired) electrons. The van der Waals surface area contributed by atoms with Gasteiger partial charge in [0.1, 0.15) is 6.33 Å². The highest BCUT2D eigenvalue weighted by molar-refractivity contribution is 7.99. The van der Waals surface area contributed by atoms with Crippen molar-refractivity contribution in [2.24, 2.45) is 5.84 Å². The molecule has 1 aromatic rings. The zero-order valence-electron chi connectivity index (χ0n) is 10.7. The Hall–Kier alpha value is -1.25. The van der Waals surface area contributed by atoms with Crippen molar-refractivity contribution in [2.45, 2.75) is 18.2 Å². The molecule has 7 nitrogen and oxygen atoms in total. The molecule has 1 aromatic heterocycles. The van der Waals surface area contributed by atoms with Gasteiger partial charge in [-0.2, -0.15) is 11.8 Å². The maximum absolute atomic E-state index is 9.24. The normalized spacial score (nSPS) is 13.8. The van der Waals surface area contributed by atoms with E-state index in [2.05, 4.69) is 20.7 Å². The van der Waals surface area contributed by atoms with Crippen LogP contribution in [0.3, 0.4) is 0 Å². The van der Waals surface area contributed by atoms with Crippen LogP contribution in [0.1, 0.15) is 6.92 Å². The summed E-state index contributed by atoms with van der Waals surface area (Å²) in [6.07, 6.45) is 3.34. The standard InChI is InChI=1S/C10H19N5O2S/c1-6(7(4-16)18-3)14-9-8(17-2)10(15-11)13-5-12-9/h5-7,16H,4,11H2,1-3H3,(H2,12,13,14,15). The van der Waals surface area contributed by atoms with Crippen LogP contribution in [0.25, 0.3) is 0 Å². The molecule has 2 unspecified atom stereocenters. The van der Waals surface area contributed by atoms with Gasteiger partial charge in [0.05, 0.1) is 13.7 Å². The molecule has 0 amide bonds. The number of aromatic nitrogens is 2. The molecule has 1 rings (SSSR count). The Labute approximate surface area is 111 Å². The molecule has 0 fully saturated rings. The largest absolute Gasteiger partial charge is 0.490 e. The number of thioether (sulfide) groups is 1. The van der Waals surface area contributed by atoms with E-state index in [4.69, 9.17) is 10.6 Å². The van der Waals surface area contributed by atoms with E-state index in [-0.39, 0.29) is 17.9 Å². The van der Waals surface area contributed by atoms with Crippen LogP contribution in [0, 0.1) is 0 Å². The molecular formula is C10H19N5O2S. The number of hydrogen-bond donors (Lipinski definition) is 4. The molecule has 0 aliphatic heterocycles. The van der Waals surface area contributed by atoms with Gasteiger partial charge in [-0.1, -0.05) is 0 Å². The lowest BCUT2D eigenvalue weighted by molar-refractivity contribution is 0.288. The zero-order chi connectivity index (χ0) is 13.5. The molecule has 8 heteroatoms. The van der Waals surface area contributed by atoms with E-state index in [0.29, 0.717) is 17.4 Å². The number of nitrogens with two attached hydrogens (primary N) is 1. The van der Waals surface area contributed by atoms with Crippen molar-refractivity contribution in [1.29, 1.82) is 0 Å². The summed E-state index contributed by atoms with van der Waals surface area (Å²) in [6.45, 7) is 2.05. The number of rotatable bonds is 7. The molecule has 0 bridgehead atoms. The van der Waals surface area contributed by atoms with E-state index in [0.717, 1.165) is 0 Å². The average Bonchev–Trinajstić information content (AvgIpc) is 2.39. The van der Waals surface area contributed by atoms with Crippen LogP contribution in [0.2, 0.25) is 0 Å². The Morgan fingerprint density at radius 1 is 1.50 bits per heavy atom. The molecule has 0 aromatic carbocycles. The lowest BCUT2D eigenvalue weighted by Gasteiger charge is -2.23. The number of nitrogen functional groups attached to an aromatic ring is 1. The highest BCUT2D eigenvalue weighted by Gasteiger charge is 2.19. The number of nitrogens with one attached hydrogen (secondary N) is 2. The molecule has 2 atom stereocenters. The molecule has 0 aliphatic rings. The van der Waals surface area contributed by atoms with Crippen molar-refractivity contribution in [2.75, 3.05) is 30.7 Å². The van der Waals surface area contributed by atoms with Gasteiger partial charge in [-0.3, -0.25) is 0 Å². The van der Waals surface area contributed by atoms with E-state index in [9.17, 15) is 5.11 Å². The highest BCUT2D eigenvalue weighted by atomic mass is 32.2. The van der Waals surface area contributed by atoms with E-state index >= 15 is 0 Å². The summed E-state index contributed by atoms with van der Waals surface area (Å²) in [5, 5.41) is 12.5. The Bertz CT molecular complexity index is 375. The molecule has 5 N–H and O–H groups in total. The lowest BCUT2D eigenvalue weighted by Crippen LogP contribution is -2.31. The fourth-order valence-corrected chi connectivity index (χ4v) is 2.14. The number of hydrogen-bond acceptors (Lipinski definition) is 8. The first-order valence-corrected chi connectivity index (χ1v) is 6.72. The van der Waals surface area contributed by atoms with Crippen LogP contribution in [0.4, 0.5) is 11.6 Å². The van der Waals surface area contributed by atoms with E-state index in [1.165, 1.54) is 13.4 Å². The summed E-state index contributed by atoms with van der Waals surface area (Å²) in [4.78, 5) is 8.07. The van der Waals surface area contributed by atoms with E-state index in [1.54, 1.807) is 11.8 Å². The first kappa shape index (κ1) is 14.8. The average molecular weight is 273 g/mol. The summed E-state index contributed by atoms with van der Waals surface area (Å²) in [5.74, 6) is 6.75. The van der Waals surface area contributed by atoms with E-state index < -0.39 is 0 Å². The number of anilines is 2. The molecule has 0 saturated heterocycles. The maximum Gasteiger partial charge on any atom is 0.205 e. The van der Waals surface area contributed by atoms with Crippen LogP contribution >= 0.6 is 11.8 Å². The van der Waals surface area contributed by atoms with Crippen molar-refractivity contribution in [3.05, 3.63) is 6.33 Å². The molecule has 0 aliphatic carbocycles. The third-order valence-electron chi connectivity index (χ3n) is 2.55. The molecule has 0 saturated carbocycles. The summed E-state index contributed by atoms with van der Waals surface area (Å²) in [6, 6.07) is 0.0272. The van der Waals surface area contributed by atoms with Gasteiger partial charge in [0.25, 0.3) is 0 Å². The molecule has 1 heterocycles. The number of aliphatic hydroxyl groups is 1. The Morgan fingerprint density at radius 3 is 2.67 bits per heavy atom. The van der Waals surface area contributed by atoms with Gasteiger partial charge >= 0.3 is 0 Å². The monoisotopic (exact) mass is 273 g/mol. The van der Waals surface area contributed by atoms with Gasteiger partial charge < -0.3 is 20.6 Å². The Morgan fingerprint density at radius 2 is 2.17 bits per heavy atom. The number of nitrogens with zero attached hydrogens (tertiary/aromatic N) is 2. The van der Waals surface area contributed by atoms with Crippen molar-refractivity contribution in [3.63, 3.8) is 0 Å². The van der Waals surface area contributed by atoms with Crippen molar-refractivity contribution < 1.29 is 9.84 Å². The smallest absolute Gasteiger partial charge is 0.205 e. The van der Waals surface area contributed by atoms with Crippen molar-refractivity contribution >= 4 is 23.4 Å². The third-order valence-corrected chi connectivity index (χ3v) is 3.71. The molecule has 18 heavy (non-hydrogen) atoms. The fourth-order valence-electron chi connectivity index (χ4n) is 1.52. The van der Waals surface area contributed by atoms with Gasteiger partial charge in [-0.05, 0) is 13.2 Å². The first-order valence-electron chi connectivity index (χ1n) is 5.43. The number of methoxy groups -OCH3 is 1. The summed E-state index contributed by atoms with van der Waals surface area (Å²) >= 11 is 1.58. The predicted octanol–water partition coefficient (Wildman–Crippen LogP) is 0.295. The molecule has 102 valence electrons. The second-order valence-corrected chi connectivity index (χ2v) is 4.72. The first-order chi connectivity index (χ1) is 8.67. The van der Waals surface area contributed by atoms with Crippen LogP contribution in [0.5, 0.6) is 5.75 Å². The third kappa shape index (κ3) is 3.37. The number of ether oxygens (including phenoxy) is 1. The predicted molar refractivity (Wildman–Crippen MR) is 73.9 cm³/mol. The van der Waals surface area contributed by atoms with Gasteiger partial charge in [-0.25, -0.2) is 15.8 Å². The minimum Gasteiger partial charge on any atom is -0.490 e. The van der Waals surface area contributed by atoms with Crippen molar-refractivity contribution in [1.82, 2.24) is 9.97 Å². The van der Waals surface area contributed by atoms with Gasteiger partial charge in [0, 0.05) is 11.3 Å². The minimum atomic E-state index is 0.0272. The number of hydrazine groups is 1. The minimum absolute atomic E-state index is 0.0272. The summed E-state index contributed by atoms with van der Waals surface area (Å²) < 4.78 is 5.22. The zero-order valence-corrected chi connectivity index (χ0v) is 11.5. The van der Waals surface area contributed by atoms with Crippen LogP contribution in [0.15, 0.2) is 6.33 Å². The maximum atomic E-state index is 9.24. The molecular weight excluding hydrogens is 254 g/mol. The van der Waals surface area contributed by atoms with Gasteiger partial charge in [0.15, 0.2) is 11.6 Å². The van der Waals surface area contributed by atoms with Gasteiger partial charge in [-0.15, -0.1) is 0 Å².